The van der Waals surface area contributed by atoms with E-state index in [0.717, 1.165) is 29.5 Å². The van der Waals surface area contributed by atoms with Gasteiger partial charge in [-0.1, -0.05) is 22.9 Å². The number of aromatic nitrogens is 2. The second-order valence-corrected chi connectivity index (χ2v) is 6.22. The van der Waals surface area contributed by atoms with Crippen LogP contribution in [0.2, 0.25) is 5.02 Å². The van der Waals surface area contributed by atoms with E-state index in [1.165, 1.54) is 5.51 Å². The predicted octanol–water partition coefficient (Wildman–Crippen LogP) is 1.69. The minimum absolute atomic E-state index is 0.110. The topological polar surface area (TPSA) is 109 Å². The molecule has 0 fully saturated rings. The standard InChI is InChI=1S/C9H6ClN3O4S2/c10-7-3-5(1-2-6(7)8(14)15)19(16,17)13-9-12-11-4-18-9/h1-4H,(H,12,13)(H,14,15). The zero-order valence-corrected chi connectivity index (χ0v) is 11.5. The van der Waals surface area contributed by atoms with Crippen LogP contribution in [0.15, 0.2) is 28.6 Å². The van der Waals surface area contributed by atoms with Crippen molar-refractivity contribution in [1.29, 1.82) is 0 Å². The third-order valence-electron chi connectivity index (χ3n) is 2.06. The Bertz CT molecular complexity index is 715. The van der Waals surface area contributed by atoms with Gasteiger partial charge in [0.25, 0.3) is 10.0 Å². The Labute approximate surface area is 116 Å². The van der Waals surface area contributed by atoms with Crippen LogP contribution in [-0.2, 0) is 10.0 Å². The maximum Gasteiger partial charge on any atom is 0.337 e. The third kappa shape index (κ3) is 3.00. The first-order valence-corrected chi connectivity index (χ1v) is 7.46. The molecule has 1 heterocycles. The lowest BCUT2D eigenvalue weighted by molar-refractivity contribution is 0.0697. The van der Waals surface area contributed by atoms with Crippen molar-refractivity contribution in [2.45, 2.75) is 4.90 Å². The molecular formula is C9H6ClN3O4S2. The molecule has 1 aromatic heterocycles. The molecule has 0 aliphatic rings. The largest absolute Gasteiger partial charge is 0.478 e. The van der Waals surface area contributed by atoms with Crippen LogP contribution in [0, 0.1) is 0 Å². The number of halogens is 1. The number of hydrogen-bond donors (Lipinski definition) is 2. The molecule has 2 aromatic rings. The van der Waals surface area contributed by atoms with Gasteiger partial charge in [0.2, 0.25) is 5.13 Å². The second kappa shape index (κ2) is 5.11. The van der Waals surface area contributed by atoms with Gasteiger partial charge in [0.15, 0.2) is 0 Å². The summed E-state index contributed by atoms with van der Waals surface area (Å²) in [5.74, 6) is -1.23. The number of aromatic carboxylic acids is 1. The van der Waals surface area contributed by atoms with Gasteiger partial charge in [-0.05, 0) is 18.2 Å². The molecule has 0 atom stereocenters. The van der Waals surface area contributed by atoms with Gasteiger partial charge in [0.1, 0.15) is 5.51 Å². The van der Waals surface area contributed by atoms with Gasteiger partial charge in [-0.3, -0.25) is 4.72 Å². The van der Waals surface area contributed by atoms with E-state index in [4.69, 9.17) is 16.7 Å². The van der Waals surface area contributed by atoms with Gasteiger partial charge >= 0.3 is 5.97 Å². The summed E-state index contributed by atoms with van der Waals surface area (Å²) in [4.78, 5) is 10.6. The quantitative estimate of drug-likeness (QED) is 0.887. The lowest BCUT2D eigenvalue weighted by Crippen LogP contribution is -2.13. The summed E-state index contributed by atoms with van der Waals surface area (Å²) in [6.07, 6.45) is 0. The maximum absolute atomic E-state index is 12.0. The Morgan fingerprint density at radius 1 is 1.42 bits per heavy atom. The van der Waals surface area contributed by atoms with Crippen molar-refractivity contribution >= 4 is 44.1 Å². The molecule has 0 radical (unpaired) electrons. The van der Waals surface area contributed by atoms with E-state index in [0.29, 0.717) is 0 Å². The number of benzene rings is 1. The van der Waals surface area contributed by atoms with Gasteiger partial charge in [0.05, 0.1) is 15.5 Å². The van der Waals surface area contributed by atoms with Crippen LogP contribution in [0.4, 0.5) is 5.13 Å². The molecule has 0 saturated heterocycles. The van der Waals surface area contributed by atoms with Crippen LogP contribution in [0.5, 0.6) is 0 Å². The Balaban J connectivity index is 2.36. The summed E-state index contributed by atoms with van der Waals surface area (Å²) >= 11 is 6.73. The summed E-state index contributed by atoms with van der Waals surface area (Å²) in [5, 5.41) is 15.8. The first-order chi connectivity index (χ1) is 8.90. The van der Waals surface area contributed by atoms with Crippen LogP contribution < -0.4 is 4.72 Å². The van der Waals surface area contributed by atoms with Crippen LogP contribution in [0.3, 0.4) is 0 Å². The molecule has 19 heavy (non-hydrogen) atoms. The number of nitrogens with zero attached hydrogens (tertiary/aromatic N) is 2. The van der Waals surface area contributed by atoms with Crippen LogP contribution in [-0.4, -0.2) is 29.7 Å². The molecule has 0 bridgehead atoms. The summed E-state index contributed by atoms with van der Waals surface area (Å²) in [7, 11) is -3.87. The Morgan fingerprint density at radius 3 is 2.68 bits per heavy atom. The molecular weight excluding hydrogens is 314 g/mol. The molecule has 0 saturated carbocycles. The molecule has 0 spiro atoms. The Hall–Kier alpha value is -1.71. The first-order valence-electron chi connectivity index (χ1n) is 4.72. The highest BCUT2D eigenvalue weighted by atomic mass is 35.5. The van der Waals surface area contributed by atoms with Crippen molar-refractivity contribution in [3.8, 4) is 0 Å². The second-order valence-electron chi connectivity index (χ2n) is 3.30. The fraction of sp³-hybridized carbons (Fsp3) is 0. The minimum Gasteiger partial charge on any atom is -0.478 e. The lowest BCUT2D eigenvalue weighted by Gasteiger charge is -2.06. The van der Waals surface area contributed by atoms with Gasteiger partial charge in [0, 0.05) is 0 Å². The summed E-state index contributed by atoms with van der Waals surface area (Å²) in [6, 6.07) is 3.34. The number of rotatable bonds is 4. The molecule has 0 aliphatic heterocycles. The van der Waals surface area contributed by atoms with Crippen molar-refractivity contribution < 1.29 is 18.3 Å². The van der Waals surface area contributed by atoms with E-state index in [2.05, 4.69) is 14.9 Å². The van der Waals surface area contributed by atoms with E-state index in [9.17, 15) is 13.2 Å². The van der Waals surface area contributed by atoms with Crippen LogP contribution >= 0.6 is 22.9 Å². The number of anilines is 1. The molecule has 7 nitrogen and oxygen atoms in total. The lowest BCUT2D eigenvalue weighted by atomic mass is 10.2. The van der Waals surface area contributed by atoms with Crippen molar-refractivity contribution in [3.05, 3.63) is 34.3 Å². The fourth-order valence-electron chi connectivity index (χ4n) is 1.23. The smallest absolute Gasteiger partial charge is 0.337 e. The molecule has 10 heteroatoms. The highest BCUT2D eigenvalue weighted by molar-refractivity contribution is 7.93. The number of carbonyl (C=O) groups is 1. The average molecular weight is 320 g/mol. The number of carboxylic acids is 1. The minimum atomic E-state index is -3.87. The third-order valence-corrected chi connectivity index (χ3v) is 4.45. The molecule has 0 amide bonds. The molecule has 2 N–H and O–H groups in total. The number of carboxylic acid groups (broad SMARTS) is 1. The van der Waals surface area contributed by atoms with E-state index in [1.807, 2.05) is 0 Å². The molecule has 0 aliphatic carbocycles. The fourth-order valence-corrected chi connectivity index (χ4v) is 3.27. The van der Waals surface area contributed by atoms with E-state index < -0.39 is 16.0 Å². The molecule has 0 unspecified atom stereocenters. The SMILES string of the molecule is O=C(O)c1ccc(S(=O)(=O)Nc2nncs2)cc1Cl. The van der Waals surface area contributed by atoms with Crippen molar-refractivity contribution in [3.63, 3.8) is 0 Å². The monoisotopic (exact) mass is 319 g/mol. The first kappa shape index (κ1) is 13.7. The highest BCUT2D eigenvalue weighted by Gasteiger charge is 2.18. The van der Waals surface area contributed by atoms with Gasteiger partial charge in [-0.2, -0.15) is 0 Å². The summed E-state index contributed by atoms with van der Waals surface area (Å²) in [6.45, 7) is 0. The average Bonchev–Trinajstić information content (AvgIpc) is 2.80. The van der Waals surface area contributed by atoms with E-state index in [1.54, 1.807) is 0 Å². The Morgan fingerprint density at radius 2 is 2.16 bits per heavy atom. The molecule has 1 aromatic carbocycles. The van der Waals surface area contributed by atoms with Crippen molar-refractivity contribution in [1.82, 2.24) is 10.2 Å². The molecule has 100 valence electrons. The normalized spacial score (nSPS) is 11.2. The predicted molar refractivity (Wildman–Crippen MR) is 69.1 cm³/mol. The zero-order chi connectivity index (χ0) is 14.0. The molecule has 2 rings (SSSR count). The zero-order valence-electron chi connectivity index (χ0n) is 9.07. The van der Waals surface area contributed by atoms with Crippen LogP contribution in [0.25, 0.3) is 0 Å². The summed E-state index contributed by atoms with van der Waals surface area (Å²) in [5.41, 5.74) is 1.20. The van der Waals surface area contributed by atoms with Gasteiger partial charge < -0.3 is 5.11 Å². The number of nitrogens with one attached hydrogen (secondary N) is 1. The number of sulfonamides is 1. The highest BCUT2D eigenvalue weighted by Crippen LogP contribution is 2.23. The number of hydrogen-bond acceptors (Lipinski definition) is 6. The summed E-state index contributed by atoms with van der Waals surface area (Å²) < 4.78 is 26.1. The maximum atomic E-state index is 12.0. The van der Waals surface area contributed by atoms with Gasteiger partial charge in [-0.25, -0.2) is 13.2 Å². The van der Waals surface area contributed by atoms with Gasteiger partial charge in [-0.15, -0.1) is 10.2 Å². The van der Waals surface area contributed by atoms with Crippen LogP contribution in [0.1, 0.15) is 10.4 Å². The van der Waals surface area contributed by atoms with Crippen molar-refractivity contribution in [2.75, 3.05) is 4.72 Å². The van der Waals surface area contributed by atoms with Crippen molar-refractivity contribution in [2.24, 2.45) is 0 Å². The Kier molecular flexibility index (Phi) is 3.69. The van der Waals surface area contributed by atoms with E-state index in [-0.39, 0.29) is 20.6 Å². The van der Waals surface area contributed by atoms with E-state index >= 15 is 0 Å².